The maximum absolute atomic E-state index is 6.32. The van der Waals surface area contributed by atoms with Gasteiger partial charge in [0.25, 0.3) is 0 Å². The summed E-state index contributed by atoms with van der Waals surface area (Å²) >= 11 is 5.97. The van der Waals surface area contributed by atoms with Crippen LogP contribution in [0.5, 0.6) is 0 Å². The summed E-state index contributed by atoms with van der Waals surface area (Å²) in [6, 6.07) is 5.78. The maximum Gasteiger partial charge on any atom is 0.200 e. The molecule has 2 bridgehead atoms. The molecule has 1 aromatic heterocycles. The molecule has 2 saturated carbocycles. The quantitative estimate of drug-likeness (QED) is 0.858. The van der Waals surface area contributed by atoms with Crippen LogP contribution >= 0.6 is 11.6 Å². The summed E-state index contributed by atoms with van der Waals surface area (Å²) in [5.74, 6) is 2.44. The first kappa shape index (κ1) is 10.8. The molecular weight excluding hydrogens is 248 g/mol. The number of nitrogens with zero attached hydrogens (tertiary/aromatic N) is 1. The minimum atomic E-state index is 0.215. The molecule has 4 atom stereocenters. The highest BCUT2D eigenvalue weighted by molar-refractivity contribution is 6.31. The molecule has 0 spiro atoms. The Morgan fingerprint density at radius 3 is 2.89 bits per heavy atom. The Hall–Kier alpha value is -1.06. The van der Waals surface area contributed by atoms with Gasteiger partial charge < -0.3 is 10.2 Å². The summed E-state index contributed by atoms with van der Waals surface area (Å²) in [4.78, 5) is 4.59. The van der Waals surface area contributed by atoms with Crippen LogP contribution in [0.1, 0.15) is 31.1 Å². The molecule has 2 fully saturated rings. The zero-order valence-electron chi connectivity index (χ0n) is 9.97. The van der Waals surface area contributed by atoms with Gasteiger partial charge in [-0.05, 0) is 49.3 Å². The molecule has 18 heavy (non-hydrogen) atoms. The number of aromatic nitrogens is 1. The Morgan fingerprint density at radius 1 is 1.28 bits per heavy atom. The summed E-state index contributed by atoms with van der Waals surface area (Å²) in [5, 5.41) is 0.694. The van der Waals surface area contributed by atoms with E-state index in [1.54, 1.807) is 0 Å². The van der Waals surface area contributed by atoms with Crippen molar-refractivity contribution in [3.05, 3.63) is 29.1 Å². The summed E-state index contributed by atoms with van der Waals surface area (Å²) in [5.41, 5.74) is 7.97. The van der Waals surface area contributed by atoms with Crippen LogP contribution in [0.2, 0.25) is 5.02 Å². The molecule has 0 amide bonds. The average Bonchev–Trinajstić information content (AvgIpc) is 3.00. The molecule has 2 aliphatic carbocycles. The molecule has 4 rings (SSSR count). The van der Waals surface area contributed by atoms with Gasteiger partial charge in [-0.3, -0.25) is 0 Å². The smallest absolute Gasteiger partial charge is 0.200 e. The minimum Gasteiger partial charge on any atom is -0.440 e. The highest BCUT2D eigenvalue weighted by atomic mass is 35.5. The van der Waals surface area contributed by atoms with E-state index in [2.05, 4.69) is 4.98 Å². The van der Waals surface area contributed by atoms with E-state index < -0.39 is 0 Å². The molecule has 4 heteroatoms. The predicted octanol–water partition coefficient (Wildman–Crippen LogP) is 3.32. The summed E-state index contributed by atoms with van der Waals surface area (Å²) in [6.45, 7) is 0. The number of nitrogens with two attached hydrogens (primary N) is 1. The first-order chi connectivity index (χ1) is 8.72. The first-order valence-electron chi connectivity index (χ1n) is 6.54. The molecule has 94 valence electrons. The minimum absolute atomic E-state index is 0.215. The van der Waals surface area contributed by atoms with Gasteiger partial charge in [-0.2, -0.15) is 0 Å². The second-order valence-corrected chi connectivity index (χ2v) is 6.04. The van der Waals surface area contributed by atoms with Gasteiger partial charge in [-0.25, -0.2) is 4.98 Å². The third-order valence-electron chi connectivity index (χ3n) is 4.63. The number of fused-ring (bicyclic) bond motifs is 3. The highest BCUT2D eigenvalue weighted by Crippen LogP contribution is 2.52. The summed E-state index contributed by atoms with van der Waals surface area (Å²) < 4.78 is 5.88. The third kappa shape index (κ3) is 1.44. The number of rotatable bonds is 1. The highest BCUT2D eigenvalue weighted by Gasteiger charge is 2.48. The van der Waals surface area contributed by atoms with Crippen LogP contribution in [-0.4, -0.2) is 11.0 Å². The number of oxazole rings is 1. The Labute approximate surface area is 110 Å². The topological polar surface area (TPSA) is 52.0 Å². The monoisotopic (exact) mass is 262 g/mol. The van der Waals surface area contributed by atoms with Gasteiger partial charge >= 0.3 is 0 Å². The second-order valence-electron chi connectivity index (χ2n) is 5.60. The molecular formula is C14H15ClN2O. The molecule has 0 saturated heterocycles. The van der Waals surface area contributed by atoms with Crippen molar-refractivity contribution >= 4 is 22.7 Å². The standard InChI is InChI=1S/C14H15ClN2O/c15-9-3-4-11-10(6-9)17-14(18-11)12-7-1-2-8(5-7)13(12)16/h3-4,6-8,12-13H,1-2,5,16H2. The Morgan fingerprint density at radius 2 is 2.11 bits per heavy atom. The molecule has 2 aromatic rings. The van der Waals surface area contributed by atoms with Gasteiger partial charge in [0.05, 0.1) is 5.92 Å². The molecule has 1 heterocycles. The van der Waals surface area contributed by atoms with E-state index in [4.69, 9.17) is 21.8 Å². The van der Waals surface area contributed by atoms with Crippen LogP contribution in [0.3, 0.4) is 0 Å². The van der Waals surface area contributed by atoms with Crippen LogP contribution in [0, 0.1) is 11.8 Å². The molecule has 3 nitrogen and oxygen atoms in total. The van der Waals surface area contributed by atoms with Crippen LogP contribution in [0.4, 0.5) is 0 Å². The number of hydrogen-bond acceptors (Lipinski definition) is 3. The second kappa shape index (κ2) is 3.72. The predicted molar refractivity (Wildman–Crippen MR) is 70.6 cm³/mol. The van der Waals surface area contributed by atoms with E-state index in [1.807, 2.05) is 18.2 Å². The van der Waals surface area contributed by atoms with Crippen LogP contribution in [0.25, 0.3) is 11.1 Å². The van der Waals surface area contributed by atoms with Gasteiger partial charge in [-0.15, -0.1) is 0 Å². The molecule has 0 radical (unpaired) electrons. The normalized spacial score (nSPS) is 34.6. The average molecular weight is 263 g/mol. The van der Waals surface area contributed by atoms with Crippen molar-refractivity contribution in [3.63, 3.8) is 0 Å². The lowest BCUT2D eigenvalue weighted by molar-refractivity contribution is 0.317. The van der Waals surface area contributed by atoms with E-state index in [9.17, 15) is 0 Å². The van der Waals surface area contributed by atoms with E-state index in [-0.39, 0.29) is 6.04 Å². The SMILES string of the molecule is NC1C2CCC(C2)C1c1nc2cc(Cl)ccc2o1. The molecule has 2 aliphatic rings. The molecule has 4 unspecified atom stereocenters. The van der Waals surface area contributed by atoms with Gasteiger partial charge in [0, 0.05) is 11.1 Å². The van der Waals surface area contributed by atoms with Crippen LogP contribution in [0.15, 0.2) is 22.6 Å². The molecule has 1 aromatic carbocycles. The van der Waals surface area contributed by atoms with E-state index in [0.717, 1.165) is 17.0 Å². The fourth-order valence-electron chi connectivity index (χ4n) is 3.76. The van der Waals surface area contributed by atoms with Crippen LogP contribution in [-0.2, 0) is 0 Å². The van der Waals surface area contributed by atoms with E-state index in [1.165, 1.54) is 19.3 Å². The van der Waals surface area contributed by atoms with Crippen molar-refractivity contribution in [3.8, 4) is 0 Å². The Kier molecular flexibility index (Phi) is 2.24. The lowest BCUT2D eigenvalue weighted by Crippen LogP contribution is -2.34. The van der Waals surface area contributed by atoms with Gasteiger partial charge in [-0.1, -0.05) is 11.6 Å². The number of hydrogen-bond donors (Lipinski definition) is 1. The van der Waals surface area contributed by atoms with Crippen molar-refractivity contribution < 1.29 is 4.42 Å². The van der Waals surface area contributed by atoms with Crippen LogP contribution < -0.4 is 5.73 Å². The largest absolute Gasteiger partial charge is 0.440 e. The fourth-order valence-corrected chi connectivity index (χ4v) is 3.93. The van der Waals surface area contributed by atoms with Crippen molar-refractivity contribution in [1.82, 2.24) is 4.98 Å². The lowest BCUT2D eigenvalue weighted by atomic mass is 9.85. The van der Waals surface area contributed by atoms with Gasteiger partial charge in [0.15, 0.2) is 11.5 Å². The summed E-state index contributed by atoms with van der Waals surface area (Å²) in [6.07, 6.45) is 3.78. The maximum atomic E-state index is 6.32. The van der Waals surface area contributed by atoms with Crippen molar-refractivity contribution in [1.29, 1.82) is 0 Å². The molecule has 0 aliphatic heterocycles. The first-order valence-corrected chi connectivity index (χ1v) is 6.92. The van der Waals surface area contributed by atoms with Gasteiger partial charge in [0.2, 0.25) is 0 Å². The van der Waals surface area contributed by atoms with E-state index >= 15 is 0 Å². The van der Waals surface area contributed by atoms with Crippen molar-refractivity contribution in [2.45, 2.75) is 31.2 Å². The fraction of sp³-hybridized carbons (Fsp3) is 0.500. The van der Waals surface area contributed by atoms with Crippen molar-refractivity contribution in [2.75, 3.05) is 0 Å². The zero-order valence-corrected chi connectivity index (χ0v) is 10.7. The van der Waals surface area contributed by atoms with E-state index in [0.29, 0.717) is 22.8 Å². The molecule has 2 N–H and O–H groups in total. The number of halogens is 1. The lowest BCUT2D eigenvalue weighted by Gasteiger charge is -2.25. The van der Waals surface area contributed by atoms with Gasteiger partial charge in [0.1, 0.15) is 5.52 Å². The Bertz CT molecular complexity index is 607. The number of benzene rings is 1. The Balaban J connectivity index is 1.78. The summed E-state index contributed by atoms with van der Waals surface area (Å²) in [7, 11) is 0. The third-order valence-corrected chi connectivity index (χ3v) is 4.87. The van der Waals surface area contributed by atoms with Crippen molar-refractivity contribution in [2.24, 2.45) is 17.6 Å². The zero-order chi connectivity index (χ0) is 12.3.